The molecule has 2 aromatic rings. The molecular formula is C20H22ClNO4. The summed E-state index contributed by atoms with van der Waals surface area (Å²) in [5.74, 6) is 1.30. The minimum absolute atomic E-state index is 0. The number of nitrogens with zero attached hydrogens (tertiary/aromatic N) is 1. The van der Waals surface area contributed by atoms with Crippen LogP contribution in [0.3, 0.4) is 0 Å². The lowest BCUT2D eigenvalue weighted by atomic mass is 10.1. The lowest BCUT2D eigenvalue weighted by Crippen LogP contribution is -2.17. The van der Waals surface area contributed by atoms with Crippen molar-refractivity contribution in [3.05, 3.63) is 65.2 Å². The molecule has 1 aliphatic rings. The third-order valence-corrected chi connectivity index (χ3v) is 3.95. The average molecular weight is 376 g/mol. The number of benzene rings is 2. The second-order valence-electron chi connectivity index (χ2n) is 5.90. The molecule has 0 saturated carbocycles. The lowest BCUT2D eigenvalue weighted by Gasteiger charge is -2.14. The van der Waals surface area contributed by atoms with Crippen molar-refractivity contribution in [3.63, 3.8) is 0 Å². The summed E-state index contributed by atoms with van der Waals surface area (Å²) in [6.45, 7) is 1.93. The molecule has 3 rings (SSSR count). The van der Waals surface area contributed by atoms with E-state index in [0.717, 1.165) is 30.2 Å². The molecule has 0 saturated heterocycles. The van der Waals surface area contributed by atoms with Gasteiger partial charge in [-0.15, -0.1) is 12.4 Å². The van der Waals surface area contributed by atoms with Gasteiger partial charge in [-0.3, -0.25) is 4.90 Å². The molecule has 6 heteroatoms. The fourth-order valence-electron chi connectivity index (χ4n) is 2.63. The van der Waals surface area contributed by atoms with Crippen LogP contribution in [0.5, 0.6) is 11.5 Å². The van der Waals surface area contributed by atoms with E-state index in [1.807, 2.05) is 30.3 Å². The zero-order chi connectivity index (χ0) is 17.6. The van der Waals surface area contributed by atoms with Crippen LogP contribution in [-0.2, 0) is 11.3 Å². The molecule has 0 radical (unpaired) electrons. The molecule has 0 amide bonds. The summed E-state index contributed by atoms with van der Waals surface area (Å²) in [4.78, 5) is 13.6. The van der Waals surface area contributed by atoms with Gasteiger partial charge in [-0.25, -0.2) is 4.79 Å². The van der Waals surface area contributed by atoms with Crippen molar-refractivity contribution in [2.45, 2.75) is 6.54 Å². The maximum absolute atomic E-state index is 11.4. The average Bonchev–Trinajstić information content (AvgIpc) is 3.09. The van der Waals surface area contributed by atoms with E-state index in [0.29, 0.717) is 12.4 Å². The fraction of sp³-hybridized carbons (Fsp3) is 0.250. The molecule has 5 nitrogen and oxygen atoms in total. The smallest absolute Gasteiger partial charge is 0.337 e. The van der Waals surface area contributed by atoms with E-state index in [1.54, 1.807) is 12.1 Å². The van der Waals surface area contributed by atoms with Crippen LogP contribution < -0.4 is 9.47 Å². The van der Waals surface area contributed by atoms with E-state index < -0.39 is 0 Å². The van der Waals surface area contributed by atoms with E-state index in [9.17, 15) is 4.79 Å². The van der Waals surface area contributed by atoms with Gasteiger partial charge in [-0.2, -0.15) is 0 Å². The quantitative estimate of drug-likeness (QED) is 0.719. The van der Waals surface area contributed by atoms with Crippen LogP contribution in [0.4, 0.5) is 0 Å². The summed E-state index contributed by atoms with van der Waals surface area (Å²) in [6, 6.07) is 13.4. The second kappa shape index (κ2) is 9.27. The van der Waals surface area contributed by atoms with Gasteiger partial charge in [0, 0.05) is 13.1 Å². The zero-order valence-corrected chi connectivity index (χ0v) is 15.6. The molecule has 1 heterocycles. The largest absolute Gasteiger partial charge is 0.465 e. The molecule has 0 atom stereocenters. The Morgan fingerprint density at radius 3 is 2.62 bits per heavy atom. The Kier molecular flexibility index (Phi) is 7.06. The number of carbonyl (C=O) groups excluding carboxylic acids is 1. The van der Waals surface area contributed by atoms with E-state index in [2.05, 4.69) is 24.1 Å². The summed E-state index contributed by atoms with van der Waals surface area (Å²) in [7, 11) is 3.45. The van der Waals surface area contributed by atoms with E-state index in [4.69, 9.17) is 14.2 Å². The Hall–Kier alpha value is -2.50. The number of hydrogen-bond donors (Lipinski definition) is 0. The highest BCUT2D eigenvalue weighted by Gasteiger charge is 2.13. The van der Waals surface area contributed by atoms with Crippen LogP contribution in [0.15, 0.2) is 48.5 Å². The first-order chi connectivity index (χ1) is 12.2. The number of esters is 1. The number of methoxy groups -OCH3 is 1. The summed E-state index contributed by atoms with van der Waals surface area (Å²) < 4.78 is 15.4. The van der Waals surface area contributed by atoms with Crippen molar-refractivity contribution in [2.24, 2.45) is 0 Å². The summed E-state index contributed by atoms with van der Waals surface area (Å²) in [5.41, 5.74) is 2.78. The van der Waals surface area contributed by atoms with Crippen LogP contribution in [-0.4, -0.2) is 38.4 Å². The molecule has 0 bridgehead atoms. The van der Waals surface area contributed by atoms with Gasteiger partial charge in [-0.05, 0) is 42.4 Å². The third kappa shape index (κ3) is 5.00. The monoisotopic (exact) mass is 375 g/mol. The normalized spacial score (nSPS) is 12.3. The van der Waals surface area contributed by atoms with E-state index in [1.165, 1.54) is 12.7 Å². The molecular weight excluding hydrogens is 354 g/mol. The molecule has 0 fully saturated rings. The van der Waals surface area contributed by atoms with Gasteiger partial charge in [0.25, 0.3) is 0 Å². The summed E-state index contributed by atoms with van der Waals surface area (Å²) >= 11 is 0. The van der Waals surface area contributed by atoms with Gasteiger partial charge in [0.05, 0.1) is 12.7 Å². The number of fused-ring (bicyclic) bond motifs is 1. The first kappa shape index (κ1) is 19.8. The predicted octanol–water partition coefficient (Wildman–Crippen LogP) is 3.77. The first-order valence-corrected chi connectivity index (χ1v) is 8.07. The van der Waals surface area contributed by atoms with Gasteiger partial charge >= 0.3 is 5.97 Å². The van der Waals surface area contributed by atoms with Crippen LogP contribution in [0.2, 0.25) is 0 Å². The summed E-state index contributed by atoms with van der Waals surface area (Å²) in [6.07, 6.45) is 4.14. The predicted molar refractivity (Wildman–Crippen MR) is 103 cm³/mol. The molecule has 2 aromatic carbocycles. The Bertz CT molecular complexity index is 774. The minimum atomic E-state index is -0.320. The van der Waals surface area contributed by atoms with Gasteiger partial charge in [0.1, 0.15) is 0 Å². The number of ether oxygens (including phenoxy) is 3. The van der Waals surface area contributed by atoms with Gasteiger partial charge in [0.15, 0.2) is 11.5 Å². The van der Waals surface area contributed by atoms with Crippen molar-refractivity contribution in [1.82, 2.24) is 4.90 Å². The number of carbonyl (C=O) groups is 1. The van der Waals surface area contributed by atoms with Gasteiger partial charge < -0.3 is 14.2 Å². The number of halogens is 1. The molecule has 1 aliphatic heterocycles. The SMILES string of the molecule is COC(=O)c1ccc(/C=C/CN(C)Cc2ccc3c(c2)OCO3)cc1.Cl. The van der Waals surface area contributed by atoms with Crippen LogP contribution in [0.1, 0.15) is 21.5 Å². The summed E-state index contributed by atoms with van der Waals surface area (Å²) in [5, 5.41) is 0. The van der Waals surface area contributed by atoms with Crippen molar-refractivity contribution < 1.29 is 19.0 Å². The maximum Gasteiger partial charge on any atom is 0.337 e. The number of likely N-dealkylation sites (N-methyl/N-ethyl adjacent to an activating group) is 1. The van der Waals surface area contributed by atoms with Crippen LogP contribution >= 0.6 is 12.4 Å². The highest BCUT2D eigenvalue weighted by molar-refractivity contribution is 5.89. The Morgan fingerprint density at radius 1 is 1.15 bits per heavy atom. The molecule has 0 unspecified atom stereocenters. The van der Waals surface area contributed by atoms with Gasteiger partial charge in [0.2, 0.25) is 6.79 Å². The van der Waals surface area contributed by atoms with Crippen molar-refractivity contribution >= 4 is 24.5 Å². The van der Waals surface area contributed by atoms with E-state index in [-0.39, 0.29) is 18.4 Å². The molecule has 138 valence electrons. The minimum Gasteiger partial charge on any atom is -0.465 e. The number of hydrogen-bond acceptors (Lipinski definition) is 5. The molecule has 0 N–H and O–H groups in total. The van der Waals surface area contributed by atoms with Crippen molar-refractivity contribution in [3.8, 4) is 11.5 Å². The first-order valence-electron chi connectivity index (χ1n) is 8.07. The van der Waals surface area contributed by atoms with E-state index >= 15 is 0 Å². The molecule has 0 aromatic heterocycles. The Morgan fingerprint density at radius 2 is 1.88 bits per heavy atom. The Labute approximate surface area is 159 Å². The topological polar surface area (TPSA) is 48.0 Å². The standard InChI is InChI=1S/C20H21NO4.ClH/c1-21(13-16-7-10-18-19(12-16)25-14-24-18)11-3-4-15-5-8-17(9-6-15)20(22)23-2;/h3-10,12H,11,13-14H2,1-2H3;1H/b4-3+;. The highest BCUT2D eigenvalue weighted by atomic mass is 35.5. The lowest BCUT2D eigenvalue weighted by molar-refractivity contribution is 0.0600. The van der Waals surface area contributed by atoms with Gasteiger partial charge in [-0.1, -0.05) is 30.4 Å². The molecule has 0 aliphatic carbocycles. The maximum atomic E-state index is 11.4. The number of rotatable bonds is 6. The molecule has 0 spiro atoms. The van der Waals surface area contributed by atoms with Crippen molar-refractivity contribution in [2.75, 3.05) is 27.5 Å². The molecule has 26 heavy (non-hydrogen) atoms. The third-order valence-electron chi connectivity index (χ3n) is 3.95. The fourth-order valence-corrected chi connectivity index (χ4v) is 2.63. The van der Waals surface area contributed by atoms with Crippen LogP contribution in [0.25, 0.3) is 6.08 Å². The Balaban J connectivity index is 0.00000243. The van der Waals surface area contributed by atoms with Crippen molar-refractivity contribution in [1.29, 1.82) is 0 Å². The van der Waals surface area contributed by atoms with Crippen LogP contribution in [0, 0.1) is 0 Å². The highest BCUT2D eigenvalue weighted by Crippen LogP contribution is 2.32. The second-order valence-corrected chi connectivity index (χ2v) is 5.90. The zero-order valence-electron chi connectivity index (χ0n) is 14.8.